The summed E-state index contributed by atoms with van der Waals surface area (Å²) in [4.78, 5) is 11.4. The number of carbonyl (C=O) groups is 1. The van der Waals surface area contributed by atoms with E-state index in [1.165, 1.54) is 19.1 Å². The SMILES string of the molecule is CC(=O)CCC1C=C(OCCC(O)(c2ccc(C)c(C)c2)C(F)(F)F)C=CC/C=C\1C. The van der Waals surface area contributed by atoms with Gasteiger partial charge in [0.15, 0.2) is 5.60 Å². The highest BCUT2D eigenvalue weighted by Gasteiger charge is 2.54. The highest BCUT2D eigenvalue weighted by atomic mass is 19.4. The first kappa shape index (κ1) is 24.9. The second-order valence-corrected chi connectivity index (χ2v) is 8.26. The molecule has 0 amide bonds. The minimum Gasteiger partial charge on any atom is -0.494 e. The summed E-state index contributed by atoms with van der Waals surface area (Å²) in [6.07, 6.45) is 3.76. The zero-order valence-electron chi connectivity index (χ0n) is 18.6. The lowest BCUT2D eigenvalue weighted by molar-refractivity contribution is -0.271. The number of rotatable bonds is 8. The molecule has 1 aliphatic rings. The van der Waals surface area contributed by atoms with Crippen LogP contribution >= 0.6 is 0 Å². The molecule has 1 aliphatic carbocycles. The van der Waals surface area contributed by atoms with Crippen molar-refractivity contribution in [3.05, 3.63) is 70.5 Å². The second kappa shape index (κ2) is 10.3. The van der Waals surface area contributed by atoms with Crippen LogP contribution in [-0.2, 0) is 15.1 Å². The summed E-state index contributed by atoms with van der Waals surface area (Å²) in [5.74, 6) is 0.514. The number of ether oxygens (including phenoxy) is 1. The van der Waals surface area contributed by atoms with Crippen LogP contribution in [0.15, 0.2) is 53.8 Å². The fourth-order valence-electron chi connectivity index (χ4n) is 3.51. The van der Waals surface area contributed by atoms with Gasteiger partial charge < -0.3 is 14.6 Å². The van der Waals surface area contributed by atoms with Gasteiger partial charge in [0.05, 0.1) is 6.61 Å². The average Bonchev–Trinajstić information content (AvgIpc) is 2.67. The second-order valence-electron chi connectivity index (χ2n) is 8.26. The van der Waals surface area contributed by atoms with Gasteiger partial charge in [0.1, 0.15) is 11.5 Å². The van der Waals surface area contributed by atoms with Crippen LogP contribution in [0.4, 0.5) is 13.2 Å². The van der Waals surface area contributed by atoms with Crippen molar-refractivity contribution in [3.8, 4) is 0 Å². The van der Waals surface area contributed by atoms with E-state index >= 15 is 0 Å². The lowest BCUT2D eigenvalue weighted by Crippen LogP contribution is -2.43. The third kappa shape index (κ3) is 6.57. The molecule has 0 saturated carbocycles. The normalized spacial score (nSPS) is 20.7. The van der Waals surface area contributed by atoms with Gasteiger partial charge in [-0.3, -0.25) is 0 Å². The Labute approximate surface area is 182 Å². The number of ketones is 1. The predicted octanol–water partition coefficient (Wildman–Crippen LogP) is 6.24. The predicted molar refractivity (Wildman–Crippen MR) is 115 cm³/mol. The lowest BCUT2D eigenvalue weighted by atomic mass is 9.88. The van der Waals surface area contributed by atoms with E-state index in [1.54, 1.807) is 26.0 Å². The summed E-state index contributed by atoms with van der Waals surface area (Å²) < 4.78 is 47.1. The van der Waals surface area contributed by atoms with Crippen molar-refractivity contribution < 1.29 is 27.8 Å². The molecule has 2 atom stereocenters. The number of carbonyl (C=O) groups excluding carboxylic acids is 1. The average molecular weight is 437 g/mol. The number of alkyl halides is 3. The van der Waals surface area contributed by atoms with Crippen molar-refractivity contribution in [2.75, 3.05) is 6.61 Å². The molecule has 0 spiro atoms. The van der Waals surface area contributed by atoms with E-state index in [9.17, 15) is 23.1 Å². The van der Waals surface area contributed by atoms with Gasteiger partial charge in [0.25, 0.3) is 0 Å². The smallest absolute Gasteiger partial charge is 0.421 e. The molecule has 0 heterocycles. The highest BCUT2D eigenvalue weighted by Crippen LogP contribution is 2.42. The van der Waals surface area contributed by atoms with Gasteiger partial charge in [-0.1, -0.05) is 35.9 Å². The Morgan fingerprint density at radius 3 is 2.52 bits per heavy atom. The number of benzene rings is 1. The maximum Gasteiger partial charge on any atom is 0.421 e. The molecule has 1 N–H and O–H groups in total. The first-order chi connectivity index (χ1) is 14.4. The molecule has 0 aromatic heterocycles. The fourth-order valence-corrected chi connectivity index (χ4v) is 3.51. The summed E-state index contributed by atoms with van der Waals surface area (Å²) in [5.41, 5.74) is -0.557. The minimum absolute atomic E-state index is 0.0231. The summed E-state index contributed by atoms with van der Waals surface area (Å²) >= 11 is 0. The number of halogens is 3. The van der Waals surface area contributed by atoms with E-state index < -0.39 is 18.2 Å². The molecule has 2 unspecified atom stereocenters. The van der Waals surface area contributed by atoms with Crippen molar-refractivity contribution in [2.24, 2.45) is 5.92 Å². The van der Waals surface area contributed by atoms with E-state index in [0.29, 0.717) is 30.6 Å². The molecule has 0 fully saturated rings. The van der Waals surface area contributed by atoms with Crippen molar-refractivity contribution in [2.45, 2.75) is 65.2 Å². The number of allylic oxidation sites excluding steroid dienone is 5. The van der Waals surface area contributed by atoms with Crippen LogP contribution in [0.1, 0.15) is 56.2 Å². The van der Waals surface area contributed by atoms with E-state index in [1.807, 2.05) is 19.1 Å². The van der Waals surface area contributed by atoms with E-state index in [-0.39, 0.29) is 23.9 Å². The molecular weight excluding hydrogens is 405 g/mol. The van der Waals surface area contributed by atoms with Crippen molar-refractivity contribution in [3.63, 3.8) is 0 Å². The van der Waals surface area contributed by atoms with Gasteiger partial charge in [0, 0.05) is 18.8 Å². The summed E-state index contributed by atoms with van der Waals surface area (Å²) in [5, 5.41) is 10.6. The maximum atomic E-state index is 13.8. The standard InChI is InChI=1S/C25H31F3O3/c1-17-9-12-22(15-19(17)3)24(30,25(26,27)28)13-14-31-23-8-6-5-7-18(2)21(16-23)11-10-20(4)29/h6-9,12,15-16,21,30H,5,10-11,13-14H2,1-4H3/b8-6?,18-7-,23-16?. The minimum atomic E-state index is -4.84. The first-order valence-corrected chi connectivity index (χ1v) is 10.5. The summed E-state index contributed by atoms with van der Waals surface area (Å²) in [7, 11) is 0. The highest BCUT2D eigenvalue weighted by molar-refractivity contribution is 5.75. The molecule has 31 heavy (non-hydrogen) atoms. The molecule has 6 heteroatoms. The molecule has 0 radical (unpaired) electrons. The van der Waals surface area contributed by atoms with Gasteiger partial charge >= 0.3 is 6.18 Å². The number of aryl methyl sites for hydroxylation is 2. The van der Waals surface area contributed by atoms with Crippen molar-refractivity contribution >= 4 is 5.78 Å². The first-order valence-electron chi connectivity index (χ1n) is 10.5. The van der Waals surface area contributed by atoms with Crippen LogP contribution in [0.3, 0.4) is 0 Å². The molecule has 170 valence electrons. The molecular formula is C25H31F3O3. The monoisotopic (exact) mass is 436 g/mol. The molecule has 1 aromatic carbocycles. The van der Waals surface area contributed by atoms with Crippen LogP contribution < -0.4 is 0 Å². The van der Waals surface area contributed by atoms with Crippen LogP contribution in [-0.4, -0.2) is 23.7 Å². The van der Waals surface area contributed by atoms with E-state index in [4.69, 9.17) is 4.74 Å². The quantitative estimate of drug-likeness (QED) is 0.491. The molecule has 0 bridgehead atoms. The van der Waals surface area contributed by atoms with E-state index in [0.717, 1.165) is 11.1 Å². The Balaban J connectivity index is 2.19. The van der Waals surface area contributed by atoms with Crippen molar-refractivity contribution in [1.29, 1.82) is 0 Å². The fraction of sp³-hybridized carbons (Fsp3) is 0.480. The number of aliphatic hydroxyl groups is 1. The van der Waals surface area contributed by atoms with Crippen LogP contribution in [0.5, 0.6) is 0 Å². The van der Waals surface area contributed by atoms with Crippen molar-refractivity contribution in [1.82, 2.24) is 0 Å². The molecule has 0 saturated heterocycles. The molecule has 2 rings (SSSR count). The summed E-state index contributed by atoms with van der Waals surface area (Å²) in [6.45, 7) is 6.73. The number of hydrogen-bond donors (Lipinski definition) is 1. The van der Waals surface area contributed by atoms with Crippen LogP contribution in [0, 0.1) is 19.8 Å². The Hall–Kier alpha value is -2.34. The van der Waals surface area contributed by atoms with E-state index in [2.05, 4.69) is 6.08 Å². The van der Waals surface area contributed by atoms with Gasteiger partial charge in [0.2, 0.25) is 0 Å². The maximum absolute atomic E-state index is 13.8. The molecule has 1 aromatic rings. The molecule has 3 nitrogen and oxygen atoms in total. The Morgan fingerprint density at radius 2 is 1.90 bits per heavy atom. The Morgan fingerprint density at radius 1 is 1.19 bits per heavy atom. The Bertz CT molecular complexity index is 880. The van der Waals surface area contributed by atoms with Gasteiger partial charge in [-0.15, -0.1) is 0 Å². The Kier molecular flexibility index (Phi) is 8.29. The lowest BCUT2D eigenvalue weighted by Gasteiger charge is -2.31. The molecule has 0 aliphatic heterocycles. The van der Waals surface area contributed by atoms with Gasteiger partial charge in [-0.2, -0.15) is 13.2 Å². The summed E-state index contributed by atoms with van der Waals surface area (Å²) in [6, 6.07) is 4.28. The van der Waals surface area contributed by atoms with Crippen LogP contribution in [0.25, 0.3) is 0 Å². The third-order valence-electron chi connectivity index (χ3n) is 5.80. The largest absolute Gasteiger partial charge is 0.494 e. The third-order valence-corrected chi connectivity index (χ3v) is 5.80. The number of hydrogen-bond acceptors (Lipinski definition) is 3. The van der Waals surface area contributed by atoms with Gasteiger partial charge in [-0.05, 0) is 69.4 Å². The van der Waals surface area contributed by atoms with Gasteiger partial charge in [-0.25, -0.2) is 0 Å². The topological polar surface area (TPSA) is 46.5 Å². The zero-order chi connectivity index (χ0) is 23.2. The zero-order valence-corrected chi connectivity index (χ0v) is 18.6. The van der Waals surface area contributed by atoms with Crippen LogP contribution in [0.2, 0.25) is 0 Å². The number of Topliss-reactive ketones (excluding diaryl/α,β-unsaturated/α-hetero) is 1.